The summed E-state index contributed by atoms with van der Waals surface area (Å²) in [6, 6.07) is 12.0. The number of thiophene rings is 1. The van der Waals surface area contributed by atoms with Crippen LogP contribution >= 0.6 is 22.9 Å². The summed E-state index contributed by atoms with van der Waals surface area (Å²) in [7, 11) is 0. The fourth-order valence-corrected chi connectivity index (χ4v) is 3.05. The quantitative estimate of drug-likeness (QED) is 0.726. The molecule has 2 aromatic heterocycles. The molecule has 0 saturated heterocycles. The molecule has 0 saturated carbocycles. The predicted molar refractivity (Wildman–Crippen MR) is 86.5 cm³/mol. The van der Waals surface area contributed by atoms with Crippen LogP contribution in [0.4, 0.5) is 0 Å². The molecule has 0 unspecified atom stereocenters. The van der Waals surface area contributed by atoms with Gasteiger partial charge in [0.1, 0.15) is 6.26 Å². The van der Waals surface area contributed by atoms with Crippen LogP contribution in [-0.2, 0) is 6.54 Å². The van der Waals surface area contributed by atoms with Crippen LogP contribution < -0.4 is 5.32 Å². The molecule has 0 fully saturated rings. The summed E-state index contributed by atoms with van der Waals surface area (Å²) < 4.78 is 5.50. The maximum atomic E-state index is 6.20. The number of hydrogen-bond acceptors (Lipinski definition) is 4. The lowest BCUT2D eigenvalue weighted by atomic mass is 10.1. The summed E-state index contributed by atoms with van der Waals surface area (Å²) in [5, 5.41) is 6.20. The second kappa shape index (κ2) is 6.43. The zero-order valence-electron chi connectivity index (χ0n) is 11.5. The molecule has 0 radical (unpaired) electrons. The normalized spacial score (nSPS) is 12.5. The minimum Gasteiger partial charge on any atom is -0.444 e. The van der Waals surface area contributed by atoms with Gasteiger partial charge < -0.3 is 9.73 Å². The van der Waals surface area contributed by atoms with Crippen molar-refractivity contribution in [2.24, 2.45) is 0 Å². The van der Waals surface area contributed by atoms with Crippen LogP contribution in [0.3, 0.4) is 0 Å². The van der Waals surface area contributed by atoms with E-state index < -0.39 is 0 Å². The predicted octanol–water partition coefficient (Wildman–Crippen LogP) is 4.91. The molecule has 0 aliphatic rings. The van der Waals surface area contributed by atoms with E-state index in [0.717, 1.165) is 21.2 Å². The van der Waals surface area contributed by atoms with Crippen LogP contribution in [0.1, 0.15) is 24.2 Å². The molecule has 1 aromatic carbocycles. The monoisotopic (exact) mass is 318 g/mol. The molecule has 0 aliphatic carbocycles. The van der Waals surface area contributed by atoms with E-state index in [0.29, 0.717) is 12.4 Å². The van der Waals surface area contributed by atoms with Crippen LogP contribution in [-0.4, -0.2) is 4.98 Å². The van der Waals surface area contributed by atoms with Gasteiger partial charge in [-0.05, 0) is 30.0 Å². The number of rotatable bonds is 5. The van der Waals surface area contributed by atoms with E-state index in [2.05, 4.69) is 17.2 Å². The maximum Gasteiger partial charge on any atom is 0.236 e. The zero-order chi connectivity index (χ0) is 14.7. The summed E-state index contributed by atoms with van der Waals surface area (Å²) in [5.74, 6) is 0.673. The highest BCUT2D eigenvalue weighted by atomic mass is 35.5. The SMILES string of the molecule is C[C@H](NCc1coc(-c2cccs2)n1)c1ccccc1Cl. The Morgan fingerprint density at radius 3 is 2.90 bits per heavy atom. The van der Waals surface area contributed by atoms with Crippen molar-refractivity contribution >= 4 is 22.9 Å². The van der Waals surface area contributed by atoms with E-state index in [1.807, 2.05) is 41.8 Å². The minimum atomic E-state index is 0.153. The third kappa shape index (κ3) is 3.35. The van der Waals surface area contributed by atoms with Crippen LogP contribution in [0.25, 0.3) is 10.8 Å². The Kier molecular flexibility index (Phi) is 4.39. The highest BCUT2D eigenvalue weighted by Gasteiger charge is 2.11. The van der Waals surface area contributed by atoms with Gasteiger partial charge >= 0.3 is 0 Å². The molecule has 3 nitrogen and oxygen atoms in total. The van der Waals surface area contributed by atoms with Gasteiger partial charge in [-0.1, -0.05) is 35.9 Å². The van der Waals surface area contributed by atoms with Crippen molar-refractivity contribution in [2.75, 3.05) is 0 Å². The van der Waals surface area contributed by atoms with Crippen molar-refractivity contribution < 1.29 is 4.42 Å². The number of benzene rings is 1. The Hall–Kier alpha value is -1.62. The van der Waals surface area contributed by atoms with Crippen molar-refractivity contribution in [3.05, 3.63) is 64.3 Å². The summed E-state index contributed by atoms with van der Waals surface area (Å²) in [4.78, 5) is 5.53. The first-order valence-corrected chi connectivity index (χ1v) is 7.96. The molecule has 3 rings (SSSR count). The summed E-state index contributed by atoms with van der Waals surface area (Å²) in [5.41, 5.74) is 1.97. The van der Waals surface area contributed by atoms with Crippen LogP contribution in [0.5, 0.6) is 0 Å². The Morgan fingerprint density at radius 1 is 1.29 bits per heavy atom. The van der Waals surface area contributed by atoms with Gasteiger partial charge in [0, 0.05) is 17.6 Å². The molecule has 108 valence electrons. The Labute approximate surface area is 132 Å². The molecule has 2 heterocycles. The van der Waals surface area contributed by atoms with Crippen molar-refractivity contribution in [1.82, 2.24) is 10.3 Å². The molecule has 0 bridgehead atoms. The molecule has 1 N–H and O–H groups in total. The number of aromatic nitrogens is 1. The molecular formula is C16H15ClN2OS. The van der Waals surface area contributed by atoms with Crippen molar-refractivity contribution in [3.8, 4) is 10.8 Å². The van der Waals surface area contributed by atoms with Crippen molar-refractivity contribution in [2.45, 2.75) is 19.5 Å². The lowest BCUT2D eigenvalue weighted by molar-refractivity contribution is 0.554. The first-order valence-electron chi connectivity index (χ1n) is 6.70. The van der Waals surface area contributed by atoms with Gasteiger partial charge in [-0.2, -0.15) is 0 Å². The van der Waals surface area contributed by atoms with E-state index in [-0.39, 0.29) is 6.04 Å². The third-order valence-corrected chi connectivity index (χ3v) is 4.45. The lowest BCUT2D eigenvalue weighted by Crippen LogP contribution is -2.18. The van der Waals surface area contributed by atoms with Gasteiger partial charge in [0.2, 0.25) is 5.89 Å². The van der Waals surface area contributed by atoms with Gasteiger partial charge in [0.15, 0.2) is 0 Å². The topological polar surface area (TPSA) is 38.1 Å². The fraction of sp³-hybridized carbons (Fsp3) is 0.188. The van der Waals surface area contributed by atoms with Gasteiger partial charge in [-0.25, -0.2) is 4.98 Å². The Morgan fingerprint density at radius 2 is 2.14 bits per heavy atom. The molecule has 0 amide bonds. The van der Waals surface area contributed by atoms with Crippen LogP contribution in [0.15, 0.2) is 52.5 Å². The third-order valence-electron chi connectivity index (χ3n) is 3.24. The second-order valence-electron chi connectivity index (χ2n) is 4.75. The molecule has 0 aliphatic heterocycles. The first kappa shape index (κ1) is 14.3. The zero-order valence-corrected chi connectivity index (χ0v) is 13.1. The van der Waals surface area contributed by atoms with E-state index >= 15 is 0 Å². The summed E-state index contributed by atoms with van der Waals surface area (Å²) in [6.45, 7) is 2.72. The van der Waals surface area contributed by atoms with Crippen LogP contribution in [0, 0.1) is 0 Å². The van der Waals surface area contributed by atoms with Crippen LogP contribution in [0.2, 0.25) is 5.02 Å². The summed E-state index contributed by atoms with van der Waals surface area (Å²) in [6.07, 6.45) is 1.70. The molecule has 5 heteroatoms. The van der Waals surface area contributed by atoms with E-state index in [9.17, 15) is 0 Å². The van der Waals surface area contributed by atoms with Gasteiger partial charge in [-0.3, -0.25) is 0 Å². The fourth-order valence-electron chi connectivity index (χ4n) is 2.10. The van der Waals surface area contributed by atoms with E-state index in [1.165, 1.54) is 0 Å². The van der Waals surface area contributed by atoms with E-state index in [4.69, 9.17) is 16.0 Å². The largest absolute Gasteiger partial charge is 0.444 e. The smallest absolute Gasteiger partial charge is 0.236 e. The number of oxazole rings is 1. The summed E-state index contributed by atoms with van der Waals surface area (Å²) >= 11 is 7.82. The molecule has 0 spiro atoms. The van der Waals surface area contributed by atoms with Crippen molar-refractivity contribution in [3.63, 3.8) is 0 Å². The molecule has 3 aromatic rings. The first-order chi connectivity index (χ1) is 10.2. The second-order valence-corrected chi connectivity index (χ2v) is 6.10. The highest BCUT2D eigenvalue weighted by molar-refractivity contribution is 7.13. The number of nitrogens with zero attached hydrogens (tertiary/aromatic N) is 1. The standard InChI is InChI=1S/C16H15ClN2OS/c1-11(13-5-2-3-6-14(13)17)18-9-12-10-20-16(19-12)15-7-4-8-21-15/h2-8,10-11,18H,9H2,1H3/t11-/m0/s1. The average molecular weight is 319 g/mol. The van der Waals surface area contributed by atoms with Gasteiger partial charge in [-0.15, -0.1) is 11.3 Å². The Bertz CT molecular complexity index is 709. The molecular weight excluding hydrogens is 304 g/mol. The molecule has 21 heavy (non-hydrogen) atoms. The minimum absolute atomic E-state index is 0.153. The Balaban J connectivity index is 1.64. The van der Waals surface area contributed by atoms with Gasteiger partial charge in [0.25, 0.3) is 0 Å². The maximum absolute atomic E-state index is 6.20. The lowest BCUT2D eigenvalue weighted by Gasteiger charge is -2.14. The number of hydrogen-bond donors (Lipinski definition) is 1. The van der Waals surface area contributed by atoms with Gasteiger partial charge in [0.05, 0.1) is 10.6 Å². The highest BCUT2D eigenvalue weighted by Crippen LogP contribution is 2.25. The molecule has 1 atom stereocenters. The number of nitrogens with one attached hydrogen (secondary N) is 1. The average Bonchev–Trinajstić information content (AvgIpc) is 3.16. The van der Waals surface area contributed by atoms with Crippen molar-refractivity contribution in [1.29, 1.82) is 0 Å². The van der Waals surface area contributed by atoms with E-state index in [1.54, 1.807) is 17.6 Å². The number of halogens is 1.